The van der Waals surface area contributed by atoms with Gasteiger partial charge < -0.3 is 0 Å². The molecule has 82 valence electrons. The number of nitrogens with zero attached hydrogens (tertiary/aromatic N) is 1. The molecule has 15 heavy (non-hydrogen) atoms. The van der Waals surface area contributed by atoms with E-state index in [2.05, 4.69) is 5.48 Å². The molecule has 0 aliphatic heterocycles. The topological polar surface area (TPSA) is 64.4 Å². The maximum Gasteiger partial charge on any atom is 0.269 e. The molecule has 0 bridgehead atoms. The van der Waals surface area contributed by atoms with Crippen LogP contribution in [0.4, 0.5) is 5.69 Å². The fourth-order valence-corrected chi connectivity index (χ4v) is 1.07. The lowest BCUT2D eigenvalue weighted by atomic mass is 10.2. The lowest BCUT2D eigenvalue weighted by Gasteiger charge is -2.04. The molecule has 0 radical (unpaired) electrons. The van der Waals surface area contributed by atoms with Crippen LogP contribution >= 0.6 is 0 Å². The van der Waals surface area contributed by atoms with E-state index < -0.39 is 4.92 Å². The zero-order valence-electron chi connectivity index (χ0n) is 8.60. The fourth-order valence-electron chi connectivity index (χ4n) is 1.07. The van der Waals surface area contributed by atoms with Gasteiger partial charge in [0.2, 0.25) is 0 Å². The standard InChI is InChI=1S/C10H14N2O3/c1-2-6-11-15-8-9-4-3-5-10(7-9)12(13)14/h3-5,7,11H,2,6,8H2,1H3. The number of non-ortho nitro benzene ring substituents is 1. The monoisotopic (exact) mass is 210 g/mol. The van der Waals surface area contributed by atoms with Crippen molar-refractivity contribution in [2.45, 2.75) is 20.0 Å². The van der Waals surface area contributed by atoms with Crippen molar-refractivity contribution in [1.82, 2.24) is 5.48 Å². The third kappa shape index (κ3) is 4.05. The largest absolute Gasteiger partial charge is 0.297 e. The van der Waals surface area contributed by atoms with E-state index in [1.807, 2.05) is 6.92 Å². The van der Waals surface area contributed by atoms with Crippen LogP contribution in [-0.2, 0) is 11.4 Å². The van der Waals surface area contributed by atoms with Crippen LogP contribution in [-0.4, -0.2) is 11.5 Å². The molecule has 0 unspecified atom stereocenters. The smallest absolute Gasteiger partial charge is 0.269 e. The highest BCUT2D eigenvalue weighted by atomic mass is 16.6. The SMILES string of the molecule is CCCNOCc1cccc([N+](=O)[O-])c1. The average Bonchev–Trinajstić information content (AvgIpc) is 2.25. The first kappa shape index (κ1) is 11.6. The van der Waals surface area contributed by atoms with Gasteiger partial charge in [-0.05, 0) is 12.0 Å². The van der Waals surface area contributed by atoms with Crippen molar-refractivity contribution in [3.8, 4) is 0 Å². The Balaban J connectivity index is 2.47. The van der Waals surface area contributed by atoms with Gasteiger partial charge >= 0.3 is 0 Å². The molecule has 1 N–H and O–H groups in total. The number of nitro groups is 1. The molecule has 0 spiro atoms. The quantitative estimate of drug-likeness (QED) is 0.443. The normalized spacial score (nSPS) is 10.2. The molecule has 0 saturated carbocycles. The lowest BCUT2D eigenvalue weighted by molar-refractivity contribution is -0.385. The second-order valence-electron chi connectivity index (χ2n) is 3.11. The Labute approximate surface area is 88.2 Å². The molecular formula is C10H14N2O3. The molecule has 0 amide bonds. The van der Waals surface area contributed by atoms with Gasteiger partial charge in [-0.3, -0.25) is 15.0 Å². The first-order chi connectivity index (χ1) is 7.24. The lowest BCUT2D eigenvalue weighted by Crippen LogP contribution is -2.14. The van der Waals surface area contributed by atoms with Crippen LogP contribution in [0, 0.1) is 10.1 Å². The number of hydroxylamine groups is 1. The van der Waals surface area contributed by atoms with Crippen LogP contribution in [0.15, 0.2) is 24.3 Å². The van der Waals surface area contributed by atoms with Gasteiger partial charge in [-0.25, -0.2) is 5.48 Å². The van der Waals surface area contributed by atoms with Gasteiger partial charge in [-0.1, -0.05) is 19.1 Å². The fraction of sp³-hybridized carbons (Fsp3) is 0.400. The minimum Gasteiger partial charge on any atom is -0.297 e. The van der Waals surface area contributed by atoms with Crippen LogP contribution in [0.2, 0.25) is 0 Å². The summed E-state index contributed by atoms with van der Waals surface area (Å²) >= 11 is 0. The maximum atomic E-state index is 10.5. The first-order valence-electron chi connectivity index (χ1n) is 4.82. The van der Waals surface area contributed by atoms with Gasteiger partial charge in [0, 0.05) is 18.7 Å². The van der Waals surface area contributed by atoms with Crippen LogP contribution in [0.25, 0.3) is 0 Å². The van der Waals surface area contributed by atoms with E-state index in [0.717, 1.165) is 18.5 Å². The van der Waals surface area contributed by atoms with Crippen molar-refractivity contribution in [3.63, 3.8) is 0 Å². The average molecular weight is 210 g/mol. The summed E-state index contributed by atoms with van der Waals surface area (Å²) in [6, 6.07) is 6.41. The number of nitrogens with one attached hydrogen (secondary N) is 1. The summed E-state index contributed by atoms with van der Waals surface area (Å²) in [7, 11) is 0. The number of hydrogen-bond acceptors (Lipinski definition) is 4. The highest BCUT2D eigenvalue weighted by molar-refractivity contribution is 5.33. The highest BCUT2D eigenvalue weighted by Crippen LogP contribution is 2.13. The van der Waals surface area contributed by atoms with Crippen molar-refractivity contribution < 1.29 is 9.76 Å². The molecular weight excluding hydrogens is 196 g/mol. The minimum atomic E-state index is -0.414. The Bertz CT molecular complexity index is 328. The second kappa shape index (κ2) is 6.10. The Kier molecular flexibility index (Phi) is 4.73. The third-order valence-corrected chi connectivity index (χ3v) is 1.81. The molecule has 0 saturated heterocycles. The van der Waals surface area contributed by atoms with E-state index in [-0.39, 0.29) is 5.69 Å². The van der Waals surface area contributed by atoms with E-state index in [4.69, 9.17) is 4.84 Å². The Morgan fingerprint density at radius 1 is 1.53 bits per heavy atom. The maximum absolute atomic E-state index is 10.5. The van der Waals surface area contributed by atoms with E-state index in [1.165, 1.54) is 12.1 Å². The molecule has 0 aliphatic carbocycles. The van der Waals surface area contributed by atoms with E-state index in [9.17, 15) is 10.1 Å². The Morgan fingerprint density at radius 2 is 2.33 bits per heavy atom. The third-order valence-electron chi connectivity index (χ3n) is 1.81. The van der Waals surface area contributed by atoms with E-state index >= 15 is 0 Å². The predicted molar refractivity (Wildman–Crippen MR) is 56.2 cm³/mol. The second-order valence-corrected chi connectivity index (χ2v) is 3.11. The van der Waals surface area contributed by atoms with E-state index in [1.54, 1.807) is 12.1 Å². The van der Waals surface area contributed by atoms with Gasteiger partial charge in [-0.2, -0.15) is 0 Å². The van der Waals surface area contributed by atoms with Gasteiger partial charge in [-0.15, -0.1) is 0 Å². The molecule has 0 heterocycles. The first-order valence-corrected chi connectivity index (χ1v) is 4.82. The highest BCUT2D eigenvalue weighted by Gasteiger charge is 2.05. The van der Waals surface area contributed by atoms with Crippen LogP contribution in [0.1, 0.15) is 18.9 Å². The molecule has 1 aromatic carbocycles. The Morgan fingerprint density at radius 3 is 3.00 bits per heavy atom. The van der Waals surface area contributed by atoms with Crippen molar-refractivity contribution in [3.05, 3.63) is 39.9 Å². The molecule has 0 fully saturated rings. The zero-order valence-corrected chi connectivity index (χ0v) is 8.60. The molecule has 0 aromatic heterocycles. The summed E-state index contributed by atoms with van der Waals surface area (Å²) in [6.07, 6.45) is 0.981. The zero-order chi connectivity index (χ0) is 11.1. The predicted octanol–water partition coefficient (Wildman–Crippen LogP) is 2.03. The number of nitro benzene ring substituents is 1. The van der Waals surface area contributed by atoms with Gasteiger partial charge in [0.15, 0.2) is 0 Å². The number of benzene rings is 1. The van der Waals surface area contributed by atoms with Crippen LogP contribution in [0.3, 0.4) is 0 Å². The summed E-state index contributed by atoms with van der Waals surface area (Å²) < 4.78 is 0. The minimum absolute atomic E-state index is 0.0894. The van der Waals surface area contributed by atoms with E-state index in [0.29, 0.717) is 6.61 Å². The number of rotatable bonds is 6. The van der Waals surface area contributed by atoms with Gasteiger partial charge in [0.05, 0.1) is 11.5 Å². The van der Waals surface area contributed by atoms with Crippen LogP contribution < -0.4 is 5.48 Å². The van der Waals surface area contributed by atoms with Gasteiger partial charge in [0.1, 0.15) is 0 Å². The van der Waals surface area contributed by atoms with Crippen molar-refractivity contribution >= 4 is 5.69 Å². The molecule has 5 heteroatoms. The molecule has 1 rings (SSSR count). The summed E-state index contributed by atoms with van der Waals surface area (Å²) in [4.78, 5) is 15.2. The molecule has 0 atom stereocenters. The van der Waals surface area contributed by atoms with Crippen molar-refractivity contribution in [2.24, 2.45) is 0 Å². The van der Waals surface area contributed by atoms with Crippen molar-refractivity contribution in [2.75, 3.05) is 6.54 Å². The summed E-state index contributed by atoms with van der Waals surface area (Å²) in [5, 5.41) is 10.5. The molecule has 5 nitrogen and oxygen atoms in total. The summed E-state index contributed by atoms with van der Waals surface area (Å²) in [5.41, 5.74) is 3.64. The van der Waals surface area contributed by atoms with Gasteiger partial charge in [0.25, 0.3) is 5.69 Å². The summed E-state index contributed by atoms with van der Waals surface area (Å²) in [5.74, 6) is 0. The number of hydrogen-bond donors (Lipinski definition) is 1. The molecule has 1 aromatic rings. The van der Waals surface area contributed by atoms with Crippen LogP contribution in [0.5, 0.6) is 0 Å². The van der Waals surface area contributed by atoms with Crippen molar-refractivity contribution in [1.29, 1.82) is 0 Å². The molecule has 0 aliphatic rings. The summed E-state index contributed by atoms with van der Waals surface area (Å²) in [6.45, 7) is 3.14. The Hall–Kier alpha value is -1.46.